The number of hydrogen-bond acceptors (Lipinski definition) is 5. The smallest absolute Gasteiger partial charge is 0.342 e. The fourth-order valence-electron chi connectivity index (χ4n) is 2.23. The number of hydrogen-bond donors (Lipinski definition) is 2. The first-order chi connectivity index (χ1) is 12.4. The molecule has 0 spiro atoms. The molecule has 5 heteroatoms. The lowest BCUT2D eigenvalue weighted by Crippen LogP contribution is -2.12. The van der Waals surface area contributed by atoms with E-state index in [2.05, 4.69) is 32.3 Å². The highest BCUT2D eigenvalue weighted by Crippen LogP contribution is 2.29. The molecule has 5 nitrogen and oxygen atoms in total. The Morgan fingerprint density at radius 2 is 1.92 bits per heavy atom. The second-order valence-corrected chi connectivity index (χ2v) is 5.99. The Hall–Kier alpha value is -2.30. The van der Waals surface area contributed by atoms with Crippen LogP contribution in [0, 0.1) is 0 Å². The molecule has 26 heavy (non-hydrogen) atoms. The van der Waals surface area contributed by atoms with E-state index in [-0.39, 0.29) is 23.7 Å². The fourth-order valence-corrected chi connectivity index (χ4v) is 2.23. The third kappa shape index (κ3) is 8.70. The van der Waals surface area contributed by atoms with Crippen molar-refractivity contribution in [2.24, 2.45) is 4.99 Å². The molecule has 0 amide bonds. The SMILES string of the molecule is C=CCCOC(=O)c1c(O)cc(O)cc1CC(CCCC)=NC.CCC. The standard InChI is InChI=1S/C18H25NO4.C3H8/c1-4-6-8-14(19-3)10-13-11-15(20)12-16(21)17(13)18(22)23-9-7-5-2;1-3-2/h5,11-12,20-21H,2,4,6-10H2,1,3H3;3H2,1-2H3. The van der Waals surface area contributed by atoms with Crippen LogP contribution >= 0.6 is 0 Å². The summed E-state index contributed by atoms with van der Waals surface area (Å²) in [5, 5.41) is 19.8. The molecule has 2 N–H and O–H groups in total. The number of nitrogens with zero attached hydrogens (tertiary/aromatic N) is 1. The van der Waals surface area contributed by atoms with E-state index in [0.29, 0.717) is 18.4 Å². The van der Waals surface area contributed by atoms with Crippen molar-refractivity contribution in [3.05, 3.63) is 35.9 Å². The zero-order valence-corrected chi connectivity index (χ0v) is 16.5. The molecule has 0 aliphatic carbocycles. The van der Waals surface area contributed by atoms with Crippen molar-refractivity contribution in [3.8, 4) is 11.5 Å². The van der Waals surface area contributed by atoms with Gasteiger partial charge in [0.2, 0.25) is 0 Å². The van der Waals surface area contributed by atoms with Gasteiger partial charge in [-0.05, 0) is 30.9 Å². The lowest BCUT2D eigenvalue weighted by atomic mass is 9.98. The predicted octanol–water partition coefficient (Wildman–Crippen LogP) is 5.05. The number of esters is 1. The Balaban J connectivity index is 0.00000194. The van der Waals surface area contributed by atoms with Gasteiger partial charge in [0.25, 0.3) is 0 Å². The predicted molar refractivity (Wildman–Crippen MR) is 107 cm³/mol. The van der Waals surface area contributed by atoms with E-state index < -0.39 is 5.97 Å². The van der Waals surface area contributed by atoms with E-state index in [1.165, 1.54) is 12.5 Å². The number of rotatable bonds is 9. The Kier molecular flexibility index (Phi) is 12.7. The van der Waals surface area contributed by atoms with Crippen LogP contribution in [0.3, 0.4) is 0 Å². The Morgan fingerprint density at radius 1 is 1.27 bits per heavy atom. The molecular weight excluding hydrogens is 330 g/mol. The summed E-state index contributed by atoms with van der Waals surface area (Å²) in [6.45, 7) is 10.1. The summed E-state index contributed by atoms with van der Waals surface area (Å²) in [5.41, 5.74) is 1.52. The molecule has 1 aromatic rings. The maximum absolute atomic E-state index is 12.2. The van der Waals surface area contributed by atoms with Crippen LogP contribution in [0.1, 0.15) is 68.8 Å². The first kappa shape index (κ1) is 23.7. The quantitative estimate of drug-likeness (QED) is 0.278. The topological polar surface area (TPSA) is 79.1 Å². The van der Waals surface area contributed by atoms with Crippen LogP contribution in [0.2, 0.25) is 0 Å². The van der Waals surface area contributed by atoms with E-state index >= 15 is 0 Å². The van der Waals surface area contributed by atoms with Gasteiger partial charge in [0, 0.05) is 25.2 Å². The van der Waals surface area contributed by atoms with E-state index in [0.717, 1.165) is 31.0 Å². The van der Waals surface area contributed by atoms with Crippen molar-refractivity contribution >= 4 is 11.7 Å². The summed E-state index contributed by atoms with van der Waals surface area (Å²) in [6.07, 6.45) is 6.69. The van der Waals surface area contributed by atoms with Crippen LogP contribution in [0.15, 0.2) is 29.8 Å². The number of aliphatic imine (C=N–C) groups is 1. The lowest BCUT2D eigenvalue weighted by Gasteiger charge is -2.13. The molecule has 0 radical (unpaired) electrons. The molecule has 0 aliphatic heterocycles. The van der Waals surface area contributed by atoms with Crippen molar-refractivity contribution in [1.29, 1.82) is 0 Å². The third-order valence-corrected chi connectivity index (χ3v) is 3.47. The molecule has 0 fully saturated rings. The zero-order chi connectivity index (χ0) is 19.9. The van der Waals surface area contributed by atoms with E-state index in [4.69, 9.17) is 4.74 Å². The van der Waals surface area contributed by atoms with Gasteiger partial charge < -0.3 is 14.9 Å². The average Bonchev–Trinajstić information content (AvgIpc) is 2.58. The van der Waals surface area contributed by atoms with Crippen LogP contribution in [0.4, 0.5) is 0 Å². The van der Waals surface area contributed by atoms with Gasteiger partial charge in [-0.3, -0.25) is 4.99 Å². The van der Waals surface area contributed by atoms with Gasteiger partial charge in [-0.25, -0.2) is 4.79 Å². The summed E-state index contributed by atoms with van der Waals surface area (Å²) in [6, 6.07) is 2.61. The second-order valence-electron chi connectivity index (χ2n) is 5.99. The first-order valence-electron chi connectivity index (χ1n) is 9.22. The van der Waals surface area contributed by atoms with Crippen molar-refractivity contribution in [1.82, 2.24) is 0 Å². The highest BCUT2D eigenvalue weighted by Gasteiger charge is 2.20. The van der Waals surface area contributed by atoms with E-state index in [1.807, 2.05) is 0 Å². The van der Waals surface area contributed by atoms with Crippen LogP contribution < -0.4 is 0 Å². The summed E-state index contributed by atoms with van der Waals surface area (Å²) in [4.78, 5) is 16.5. The monoisotopic (exact) mass is 363 g/mol. The summed E-state index contributed by atoms with van der Waals surface area (Å²) < 4.78 is 5.13. The van der Waals surface area contributed by atoms with Gasteiger partial charge >= 0.3 is 5.97 Å². The number of phenolic OH excluding ortho intramolecular Hbond substituents is 2. The normalized spacial score (nSPS) is 10.7. The van der Waals surface area contributed by atoms with Gasteiger partial charge in [0.1, 0.15) is 17.1 Å². The van der Waals surface area contributed by atoms with Gasteiger partial charge in [-0.15, -0.1) is 6.58 Å². The molecule has 0 unspecified atom stereocenters. The number of phenols is 2. The van der Waals surface area contributed by atoms with Gasteiger partial charge in [-0.2, -0.15) is 0 Å². The Bertz CT molecular complexity index is 594. The van der Waals surface area contributed by atoms with Gasteiger partial charge in [0.05, 0.1) is 6.61 Å². The van der Waals surface area contributed by atoms with Crippen molar-refractivity contribution in [2.45, 2.75) is 59.3 Å². The zero-order valence-electron chi connectivity index (χ0n) is 16.5. The third-order valence-electron chi connectivity index (χ3n) is 3.47. The lowest BCUT2D eigenvalue weighted by molar-refractivity contribution is 0.0507. The molecule has 0 heterocycles. The second kappa shape index (κ2) is 13.9. The number of ether oxygens (including phenoxy) is 1. The molecule has 146 valence electrons. The highest BCUT2D eigenvalue weighted by molar-refractivity contribution is 5.97. The number of aromatic hydroxyl groups is 2. The average molecular weight is 363 g/mol. The fraction of sp³-hybridized carbons (Fsp3) is 0.524. The molecule has 0 aliphatic rings. The number of unbranched alkanes of at least 4 members (excludes halogenated alkanes) is 1. The van der Waals surface area contributed by atoms with Gasteiger partial charge in [0.15, 0.2) is 0 Å². The van der Waals surface area contributed by atoms with Crippen molar-refractivity contribution in [3.63, 3.8) is 0 Å². The molecule has 1 rings (SSSR count). The Labute approximate surface area is 157 Å². The molecular formula is C21H33NO4. The molecule has 0 bridgehead atoms. The summed E-state index contributed by atoms with van der Waals surface area (Å²) in [7, 11) is 1.70. The highest BCUT2D eigenvalue weighted by atomic mass is 16.5. The van der Waals surface area contributed by atoms with Crippen LogP contribution in [-0.4, -0.2) is 35.5 Å². The van der Waals surface area contributed by atoms with Crippen molar-refractivity contribution < 1.29 is 19.7 Å². The minimum Gasteiger partial charge on any atom is -0.508 e. The molecule has 0 saturated heterocycles. The number of benzene rings is 1. The van der Waals surface area contributed by atoms with Gasteiger partial charge in [-0.1, -0.05) is 39.7 Å². The minimum absolute atomic E-state index is 0.0875. The van der Waals surface area contributed by atoms with Crippen LogP contribution in [-0.2, 0) is 11.2 Å². The van der Waals surface area contributed by atoms with E-state index in [9.17, 15) is 15.0 Å². The first-order valence-corrected chi connectivity index (χ1v) is 9.22. The van der Waals surface area contributed by atoms with Crippen molar-refractivity contribution in [2.75, 3.05) is 13.7 Å². The summed E-state index contributed by atoms with van der Waals surface area (Å²) >= 11 is 0. The molecule has 0 aromatic heterocycles. The van der Waals surface area contributed by atoms with E-state index in [1.54, 1.807) is 13.1 Å². The molecule has 0 atom stereocenters. The molecule has 1 aromatic carbocycles. The maximum Gasteiger partial charge on any atom is 0.342 e. The maximum atomic E-state index is 12.2. The number of carbonyl (C=O) groups is 1. The number of carbonyl (C=O) groups excluding carboxylic acids is 1. The largest absolute Gasteiger partial charge is 0.508 e. The summed E-state index contributed by atoms with van der Waals surface area (Å²) in [5.74, 6) is -0.981. The molecule has 0 saturated carbocycles. The van der Waals surface area contributed by atoms with Crippen LogP contribution in [0.25, 0.3) is 0 Å². The Morgan fingerprint density at radius 3 is 2.46 bits per heavy atom. The van der Waals surface area contributed by atoms with Crippen LogP contribution in [0.5, 0.6) is 11.5 Å². The minimum atomic E-state index is -0.606.